The molecule has 0 unspecified atom stereocenters. The Labute approximate surface area is 118 Å². The smallest absolute Gasteiger partial charge is 0.111 e. The van der Waals surface area contributed by atoms with Gasteiger partial charge in [0.05, 0.1) is 12.7 Å². The lowest BCUT2D eigenvalue weighted by molar-refractivity contribution is -0.0218. The van der Waals surface area contributed by atoms with E-state index in [0.29, 0.717) is 12.6 Å². The highest BCUT2D eigenvalue weighted by atomic mass is 16.6. The van der Waals surface area contributed by atoms with E-state index in [2.05, 4.69) is 17.4 Å². The molecule has 5 heteroatoms. The van der Waals surface area contributed by atoms with Gasteiger partial charge in [0.25, 0.3) is 0 Å². The van der Waals surface area contributed by atoms with Crippen LogP contribution in [0.5, 0.6) is 0 Å². The second kappa shape index (κ2) is 5.79. The van der Waals surface area contributed by atoms with Gasteiger partial charge in [-0.25, -0.2) is 0 Å². The number of ether oxygens (including phenoxy) is 1. The molecule has 1 aromatic rings. The molecule has 0 bridgehead atoms. The predicted octanol–water partition coefficient (Wildman–Crippen LogP) is -0.775. The molecule has 0 amide bonds. The van der Waals surface area contributed by atoms with Crippen molar-refractivity contribution in [2.75, 3.05) is 13.2 Å². The second-order valence-electron chi connectivity index (χ2n) is 5.66. The molecule has 0 spiro atoms. The van der Waals surface area contributed by atoms with Crippen LogP contribution in [-0.2, 0) is 17.6 Å². The summed E-state index contributed by atoms with van der Waals surface area (Å²) in [7, 11) is 0. The van der Waals surface area contributed by atoms with Crippen molar-refractivity contribution >= 4 is 0 Å². The highest BCUT2D eigenvalue weighted by Crippen LogP contribution is 2.23. The monoisotopic (exact) mass is 279 g/mol. The molecule has 3 rings (SSSR count). The number of nitrogens with one attached hydrogen (secondary N) is 1. The Morgan fingerprint density at radius 1 is 1.05 bits per heavy atom. The molecule has 1 aliphatic carbocycles. The third kappa shape index (κ3) is 2.60. The first-order valence-electron chi connectivity index (χ1n) is 7.11. The van der Waals surface area contributed by atoms with E-state index in [-0.39, 0.29) is 6.61 Å². The maximum absolute atomic E-state index is 9.88. The number of fused-ring (bicyclic) bond motifs is 1. The zero-order chi connectivity index (χ0) is 14.1. The fourth-order valence-electron chi connectivity index (χ4n) is 3.13. The molecular formula is C15H21NO4. The van der Waals surface area contributed by atoms with Gasteiger partial charge in [-0.3, -0.25) is 0 Å². The minimum absolute atomic E-state index is 0.274. The topological polar surface area (TPSA) is 82.0 Å². The molecule has 2 aliphatic rings. The summed E-state index contributed by atoms with van der Waals surface area (Å²) >= 11 is 0. The van der Waals surface area contributed by atoms with Crippen molar-refractivity contribution in [1.82, 2.24) is 5.32 Å². The van der Waals surface area contributed by atoms with Gasteiger partial charge < -0.3 is 25.4 Å². The summed E-state index contributed by atoms with van der Waals surface area (Å²) in [6.07, 6.45) is -1.14. The van der Waals surface area contributed by atoms with Crippen molar-refractivity contribution in [3.05, 3.63) is 35.4 Å². The molecule has 5 nitrogen and oxygen atoms in total. The van der Waals surface area contributed by atoms with E-state index in [9.17, 15) is 10.2 Å². The molecule has 4 atom stereocenters. The van der Waals surface area contributed by atoms with Gasteiger partial charge in [0.15, 0.2) is 0 Å². The molecule has 1 aromatic carbocycles. The van der Waals surface area contributed by atoms with Gasteiger partial charge in [-0.1, -0.05) is 24.3 Å². The average Bonchev–Trinajstić information content (AvgIpc) is 2.99. The van der Waals surface area contributed by atoms with Crippen LogP contribution in [0.2, 0.25) is 0 Å². The van der Waals surface area contributed by atoms with Gasteiger partial charge in [0.2, 0.25) is 0 Å². The fourth-order valence-corrected chi connectivity index (χ4v) is 3.13. The summed E-state index contributed by atoms with van der Waals surface area (Å²) in [5.74, 6) is 0. The van der Waals surface area contributed by atoms with E-state index in [4.69, 9.17) is 9.84 Å². The van der Waals surface area contributed by atoms with E-state index >= 15 is 0 Å². The minimum Gasteiger partial charge on any atom is -0.394 e. The SMILES string of the molecule is OC[C@H]1O[C@H](CNC2Cc3ccccc3C2)[C@@H](O)[C@@H]1O. The molecule has 110 valence electrons. The predicted molar refractivity (Wildman–Crippen MR) is 73.4 cm³/mol. The summed E-state index contributed by atoms with van der Waals surface area (Å²) in [5.41, 5.74) is 2.73. The van der Waals surface area contributed by atoms with Crippen LogP contribution < -0.4 is 5.32 Å². The van der Waals surface area contributed by atoms with Gasteiger partial charge >= 0.3 is 0 Å². The normalized spacial score (nSPS) is 33.5. The van der Waals surface area contributed by atoms with Crippen molar-refractivity contribution < 1.29 is 20.1 Å². The van der Waals surface area contributed by atoms with Crippen LogP contribution in [0.4, 0.5) is 0 Å². The Morgan fingerprint density at radius 3 is 2.20 bits per heavy atom. The van der Waals surface area contributed by atoms with Gasteiger partial charge in [-0.2, -0.15) is 0 Å². The van der Waals surface area contributed by atoms with E-state index < -0.39 is 24.4 Å². The molecule has 0 aromatic heterocycles. The fraction of sp³-hybridized carbons (Fsp3) is 0.600. The van der Waals surface area contributed by atoms with Crippen LogP contribution >= 0.6 is 0 Å². The molecule has 1 fully saturated rings. The highest BCUT2D eigenvalue weighted by Gasteiger charge is 2.42. The van der Waals surface area contributed by atoms with Crippen molar-refractivity contribution in [1.29, 1.82) is 0 Å². The Kier molecular flexibility index (Phi) is 4.05. The Morgan fingerprint density at radius 2 is 1.65 bits per heavy atom. The Hall–Kier alpha value is -0.980. The van der Waals surface area contributed by atoms with E-state index in [1.54, 1.807) is 0 Å². The lowest BCUT2D eigenvalue weighted by Crippen LogP contribution is -2.41. The van der Waals surface area contributed by atoms with Crippen molar-refractivity contribution in [3.63, 3.8) is 0 Å². The summed E-state index contributed by atoms with van der Waals surface area (Å²) in [4.78, 5) is 0. The summed E-state index contributed by atoms with van der Waals surface area (Å²) in [6.45, 7) is 0.205. The largest absolute Gasteiger partial charge is 0.394 e. The Balaban J connectivity index is 1.52. The highest BCUT2D eigenvalue weighted by molar-refractivity contribution is 5.33. The molecule has 1 saturated heterocycles. The van der Waals surface area contributed by atoms with Crippen LogP contribution in [0.3, 0.4) is 0 Å². The minimum atomic E-state index is -1.01. The third-order valence-corrected chi connectivity index (χ3v) is 4.30. The zero-order valence-electron chi connectivity index (χ0n) is 11.3. The number of rotatable bonds is 4. The molecule has 1 aliphatic heterocycles. The van der Waals surface area contributed by atoms with Crippen LogP contribution in [0.15, 0.2) is 24.3 Å². The number of hydrogen-bond donors (Lipinski definition) is 4. The summed E-state index contributed by atoms with van der Waals surface area (Å²) in [5, 5.41) is 32.0. The number of aliphatic hydroxyl groups excluding tert-OH is 3. The number of hydrogen-bond acceptors (Lipinski definition) is 5. The van der Waals surface area contributed by atoms with Crippen LogP contribution in [0, 0.1) is 0 Å². The molecule has 1 heterocycles. The molecule has 20 heavy (non-hydrogen) atoms. The average molecular weight is 279 g/mol. The van der Waals surface area contributed by atoms with Gasteiger partial charge in [0.1, 0.15) is 18.3 Å². The second-order valence-corrected chi connectivity index (χ2v) is 5.66. The van der Waals surface area contributed by atoms with E-state index in [0.717, 1.165) is 12.8 Å². The van der Waals surface area contributed by atoms with Crippen molar-refractivity contribution in [2.45, 2.75) is 43.3 Å². The van der Waals surface area contributed by atoms with Crippen LogP contribution in [-0.4, -0.2) is 58.9 Å². The third-order valence-electron chi connectivity index (χ3n) is 4.30. The number of aliphatic hydroxyl groups is 3. The van der Waals surface area contributed by atoms with Crippen molar-refractivity contribution in [3.8, 4) is 0 Å². The maximum Gasteiger partial charge on any atom is 0.111 e. The number of benzene rings is 1. The molecule has 4 N–H and O–H groups in total. The Bertz CT molecular complexity index is 442. The van der Waals surface area contributed by atoms with Gasteiger partial charge in [0, 0.05) is 12.6 Å². The molecular weight excluding hydrogens is 258 g/mol. The van der Waals surface area contributed by atoms with E-state index in [1.165, 1.54) is 11.1 Å². The maximum atomic E-state index is 9.88. The lowest BCUT2D eigenvalue weighted by atomic mass is 10.1. The first kappa shape index (κ1) is 14.0. The van der Waals surface area contributed by atoms with Crippen molar-refractivity contribution in [2.24, 2.45) is 0 Å². The quantitative estimate of drug-likeness (QED) is 0.581. The molecule has 0 radical (unpaired) electrons. The lowest BCUT2D eigenvalue weighted by Gasteiger charge is -2.18. The first-order chi connectivity index (χ1) is 9.69. The standard InChI is InChI=1S/C15H21NO4/c17-8-13-15(19)14(18)12(20-13)7-16-11-5-9-3-1-2-4-10(9)6-11/h1-4,11-19H,5-8H2/t12-,13-,14-,15-/m1/s1. The zero-order valence-corrected chi connectivity index (χ0v) is 11.3. The van der Waals surface area contributed by atoms with Gasteiger partial charge in [-0.05, 0) is 24.0 Å². The first-order valence-corrected chi connectivity index (χ1v) is 7.11. The summed E-state index contributed by atoms with van der Waals surface area (Å²) in [6, 6.07) is 8.72. The summed E-state index contributed by atoms with van der Waals surface area (Å²) < 4.78 is 5.46. The van der Waals surface area contributed by atoms with Crippen LogP contribution in [0.1, 0.15) is 11.1 Å². The molecule has 0 saturated carbocycles. The van der Waals surface area contributed by atoms with Gasteiger partial charge in [-0.15, -0.1) is 0 Å². The van der Waals surface area contributed by atoms with E-state index in [1.807, 2.05) is 12.1 Å². The van der Waals surface area contributed by atoms with Crippen LogP contribution in [0.25, 0.3) is 0 Å².